The van der Waals surface area contributed by atoms with E-state index in [0.717, 1.165) is 42.6 Å². The van der Waals surface area contributed by atoms with Gasteiger partial charge >= 0.3 is 0 Å². The third-order valence-corrected chi connectivity index (χ3v) is 6.12. The van der Waals surface area contributed by atoms with E-state index in [1.807, 2.05) is 18.2 Å². The molecule has 1 atom stereocenters. The standard InChI is InChI=1S/C23H24N4O3/c24-23-25-9-8-17(26-23)22-20(15-4-6-16-14(12-15)5-7-18(16)28)21(29)19(30-22)13-27-10-2-1-3-11-27/h4,6,8-9,12,19H,1-3,5,7,10-11,13H2,(H2,24,25,26). The Hall–Kier alpha value is -3.06. The van der Waals surface area contributed by atoms with Crippen molar-refractivity contribution in [2.75, 3.05) is 25.4 Å². The highest BCUT2D eigenvalue weighted by atomic mass is 16.5. The van der Waals surface area contributed by atoms with Gasteiger partial charge in [0, 0.05) is 24.7 Å². The van der Waals surface area contributed by atoms with Crippen LogP contribution in [0.3, 0.4) is 0 Å². The van der Waals surface area contributed by atoms with Gasteiger partial charge in [-0.1, -0.05) is 24.6 Å². The molecule has 1 aromatic heterocycles. The molecule has 0 bridgehead atoms. The number of Topliss-reactive ketones (excluding diaryl/α,β-unsaturated/α-hetero) is 2. The Morgan fingerprint density at radius 1 is 1.10 bits per heavy atom. The first-order valence-electron chi connectivity index (χ1n) is 10.5. The maximum atomic E-state index is 13.5. The van der Waals surface area contributed by atoms with Crippen molar-refractivity contribution in [1.82, 2.24) is 14.9 Å². The van der Waals surface area contributed by atoms with Gasteiger partial charge in [-0.2, -0.15) is 0 Å². The van der Waals surface area contributed by atoms with Crippen LogP contribution in [0, 0.1) is 0 Å². The van der Waals surface area contributed by atoms with E-state index in [1.165, 1.54) is 6.42 Å². The van der Waals surface area contributed by atoms with Gasteiger partial charge in [0.05, 0.1) is 5.57 Å². The Morgan fingerprint density at radius 2 is 1.93 bits per heavy atom. The smallest absolute Gasteiger partial charge is 0.220 e. The van der Waals surface area contributed by atoms with E-state index in [2.05, 4.69) is 14.9 Å². The summed E-state index contributed by atoms with van der Waals surface area (Å²) < 4.78 is 6.20. The van der Waals surface area contributed by atoms with Crippen LogP contribution >= 0.6 is 0 Å². The molecule has 3 aliphatic rings. The number of aromatic nitrogens is 2. The predicted molar refractivity (Wildman–Crippen MR) is 113 cm³/mol. The minimum atomic E-state index is -0.570. The van der Waals surface area contributed by atoms with E-state index >= 15 is 0 Å². The predicted octanol–water partition coefficient (Wildman–Crippen LogP) is 2.51. The first-order chi connectivity index (χ1) is 14.6. The number of hydrogen-bond acceptors (Lipinski definition) is 7. The van der Waals surface area contributed by atoms with Crippen LogP contribution in [-0.4, -0.2) is 52.2 Å². The summed E-state index contributed by atoms with van der Waals surface area (Å²) in [7, 11) is 0. The first kappa shape index (κ1) is 18.9. The summed E-state index contributed by atoms with van der Waals surface area (Å²) in [5.74, 6) is 0.693. The minimum absolute atomic E-state index is 0.0444. The molecule has 7 heteroatoms. The molecule has 0 radical (unpaired) electrons. The van der Waals surface area contributed by atoms with E-state index in [9.17, 15) is 9.59 Å². The minimum Gasteiger partial charge on any atom is -0.478 e. The number of benzene rings is 1. The number of piperidine rings is 1. The fourth-order valence-corrected chi connectivity index (χ4v) is 4.60. The number of carbonyl (C=O) groups excluding carboxylic acids is 2. The number of likely N-dealkylation sites (tertiary alicyclic amines) is 1. The molecule has 1 aliphatic carbocycles. The first-order valence-corrected chi connectivity index (χ1v) is 10.5. The quantitative estimate of drug-likeness (QED) is 0.836. The number of nitrogens with zero attached hydrogens (tertiary/aromatic N) is 3. The Kier molecular flexibility index (Phi) is 4.83. The van der Waals surface area contributed by atoms with Gasteiger partial charge in [-0.15, -0.1) is 0 Å². The Bertz CT molecular complexity index is 1060. The number of fused-ring (bicyclic) bond motifs is 1. The van der Waals surface area contributed by atoms with Crippen molar-refractivity contribution in [3.8, 4) is 0 Å². The molecule has 0 spiro atoms. The summed E-state index contributed by atoms with van der Waals surface area (Å²) >= 11 is 0. The van der Waals surface area contributed by atoms with Crippen molar-refractivity contribution >= 4 is 28.8 Å². The van der Waals surface area contributed by atoms with Crippen molar-refractivity contribution in [2.24, 2.45) is 0 Å². The molecule has 1 fully saturated rings. The highest BCUT2D eigenvalue weighted by Crippen LogP contribution is 2.37. The van der Waals surface area contributed by atoms with Crippen LogP contribution in [0.15, 0.2) is 30.5 Å². The number of aryl methyl sites for hydroxylation is 1. The molecule has 5 rings (SSSR count). The Morgan fingerprint density at radius 3 is 2.73 bits per heavy atom. The van der Waals surface area contributed by atoms with Gasteiger partial charge in [-0.05, 0) is 49.5 Å². The third-order valence-electron chi connectivity index (χ3n) is 6.12. The molecule has 154 valence electrons. The molecular weight excluding hydrogens is 380 g/mol. The number of hydrogen-bond donors (Lipinski definition) is 1. The topological polar surface area (TPSA) is 98.4 Å². The van der Waals surface area contributed by atoms with E-state index in [1.54, 1.807) is 12.3 Å². The van der Waals surface area contributed by atoms with Crippen LogP contribution in [0.2, 0.25) is 0 Å². The zero-order valence-corrected chi connectivity index (χ0v) is 16.8. The number of carbonyl (C=O) groups is 2. The fourth-order valence-electron chi connectivity index (χ4n) is 4.60. The summed E-state index contributed by atoms with van der Waals surface area (Å²) in [5.41, 5.74) is 9.31. The van der Waals surface area contributed by atoms with E-state index in [4.69, 9.17) is 10.5 Å². The molecule has 2 aromatic rings. The largest absolute Gasteiger partial charge is 0.478 e. The highest BCUT2D eigenvalue weighted by Gasteiger charge is 2.38. The molecule has 2 aliphatic heterocycles. The number of nitrogen functional groups attached to an aromatic ring is 1. The normalized spacial score (nSPS) is 21.8. The van der Waals surface area contributed by atoms with Gasteiger partial charge in [-0.3, -0.25) is 14.5 Å². The zero-order chi connectivity index (χ0) is 20.7. The maximum Gasteiger partial charge on any atom is 0.220 e. The Balaban J connectivity index is 1.53. The number of nitrogens with two attached hydrogens (primary N) is 1. The van der Waals surface area contributed by atoms with E-state index in [-0.39, 0.29) is 17.5 Å². The van der Waals surface area contributed by atoms with Gasteiger partial charge < -0.3 is 10.5 Å². The zero-order valence-electron chi connectivity index (χ0n) is 16.8. The van der Waals surface area contributed by atoms with Crippen LogP contribution < -0.4 is 5.73 Å². The SMILES string of the molecule is Nc1nccc(C2=C(c3ccc4c(c3)CCC4=O)C(=O)C(CN3CCCCC3)O2)n1. The second kappa shape index (κ2) is 7.65. The molecule has 1 saturated heterocycles. The van der Waals surface area contributed by atoms with Gasteiger partial charge in [-0.25, -0.2) is 9.97 Å². The van der Waals surface area contributed by atoms with Crippen molar-refractivity contribution in [3.63, 3.8) is 0 Å². The monoisotopic (exact) mass is 404 g/mol. The van der Waals surface area contributed by atoms with E-state index < -0.39 is 6.10 Å². The van der Waals surface area contributed by atoms with Crippen molar-refractivity contribution in [1.29, 1.82) is 0 Å². The summed E-state index contributed by atoms with van der Waals surface area (Å²) in [5, 5.41) is 0. The lowest BCUT2D eigenvalue weighted by atomic mass is 9.95. The van der Waals surface area contributed by atoms with Crippen LogP contribution in [0.4, 0.5) is 5.95 Å². The lowest BCUT2D eigenvalue weighted by Crippen LogP contribution is -2.39. The number of anilines is 1. The number of ketones is 2. The second-order valence-electron chi connectivity index (χ2n) is 8.13. The molecule has 3 heterocycles. The molecule has 7 nitrogen and oxygen atoms in total. The van der Waals surface area contributed by atoms with Crippen molar-refractivity contribution < 1.29 is 14.3 Å². The maximum absolute atomic E-state index is 13.5. The van der Waals surface area contributed by atoms with Crippen LogP contribution in [0.5, 0.6) is 0 Å². The van der Waals surface area contributed by atoms with Gasteiger partial charge in [0.25, 0.3) is 0 Å². The average Bonchev–Trinajstić information content (AvgIpc) is 3.28. The third kappa shape index (κ3) is 3.39. The molecule has 1 unspecified atom stereocenters. The lowest BCUT2D eigenvalue weighted by Gasteiger charge is -2.28. The number of rotatable bonds is 4. The summed E-state index contributed by atoms with van der Waals surface area (Å²) in [4.78, 5) is 36.0. The number of ether oxygens (including phenoxy) is 1. The second-order valence-corrected chi connectivity index (χ2v) is 8.13. The van der Waals surface area contributed by atoms with Crippen LogP contribution in [-0.2, 0) is 16.0 Å². The molecule has 1 aromatic carbocycles. The molecule has 30 heavy (non-hydrogen) atoms. The van der Waals surface area contributed by atoms with Crippen molar-refractivity contribution in [2.45, 2.75) is 38.2 Å². The molecular formula is C23H24N4O3. The van der Waals surface area contributed by atoms with Gasteiger partial charge in [0.1, 0.15) is 5.69 Å². The van der Waals surface area contributed by atoms with Crippen LogP contribution in [0.1, 0.15) is 52.9 Å². The van der Waals surface area contributed by atoms with Gasteiger partial charge in [0.2, 0.25) is 11.7 Å². The summed E-state index contributed by atoms with van der Waals surface area (Å²) in [6.45, 7) is 2.54. The lowest BCUT2D eigenvalue weighted by molar-refractivity contribution is -0.120. The van der Waals surface area contributed by atoms with E-state index in [0.29, 0.717) is 36.4 Å². The van der Waals surface area contributed by atoms with Crippen LogP contribution in [0.25, 0.3) is 11.3 Å². The average molecular weight is 404 g/mol. The van der Waals surface area contributed by atoms with Gasteiger partial charge in [0.15, 0.2) is 17.6 Å². The molecule has 0 saturated carbocycles. The Labute approximate surface area is 175 Å². The summed E-state index contributed by atoms with van der Waals surface area (Å²) in [6, 6.07) is 7.32. The summed E-state index contributed by atoms with van der Waals surface area (Å²) in [6.07, 6.45) is 5.75. The molecule has 2 N–H and O–H groups in total. The van der Waals surface area contributed by atoms with Crippen molar-refractivity contribution in [3.05, 3.63) is 52.8 Å². The highest BCUT2D eigenvalue weighted by molar-refractivity contribution is 6.31. The molecule has 0 amide bonds. The fraction of sp³-hybridized carbons (Fsp3) is 0.391.